The number of rotatable bonds is 3. The SMILES string of the molecule is C/C(=C\CC=O)C1CC=NO1. The maximum absolute atomic E-state index is 10.0. The Morgan fingerprint density at radius 1 is 1.91 bits per heavy atom. The molecular weight excluding hydrogens is 142 g/mol. The molecule has 0 aromatic heterocycles. The summed E-state index contributed by atoms with van der Waals surface area (Å²) in [7, 11) is 0. The van der Waals surface area contributed by atoms with Gasteiger partial charge in [-0.15, -0.1) is 0 Å². The fourth-order valence-corrected chi connectivity index (χ4v) is 0.933. The molecule has 0 spiro atoms. The quantitative estimate of drug-likeness (QED) is 0.452. The smallest absolute Gasteiger partial charge is 0.153 e. The standard InChI is InChI=1S/C8H11NO2/c1-7(3-2-6-10)8-4-5-9-11-8/h3,5-6,8H,2,4H2,1H3/b7-3+. The Balaban J connectivity index is 2.40. The highest BCUT2D eigenvalue weighted by atomic mass is 16.6. The molecule has 1 aliphatic rings. The van der Waals surface area contributed by atoms with Crippen LogP contribution < -0.4 is 0 Å². The largest absolute Gasteiger partial charge is 0.388 e. The van der Waals surface area contributed by atoms with Crippen LogP contribution in [0.15, 0.2) is 16.8 Å². The molecule has 60 valence electrons. The Kier molecular flexibility index (Phi) is 2.83. The van der Waals surface area contributed by atoms with E-state index in [0.29, 0.717) is 6.42 Å². The Labute approximate surface area is 65.7 Å². The third-order valence-electron chi connectivity index (χ3n) is 1.63. The number of aldehydes is 1. The zero-order chi connectivity index (χ0) is 8.10. The number of nitrogens with zero attached hydrogens (tertiary/aromatic N) is 1. The lowest BCUT2D eigenvalue weighted by Crippen LogP contribution is -2.06. The van der Waals surface area contributed by atoms with E-state index in [9.17, 15) is 4.79 Å². The van der Waals surface area contributed by atoms with Crippen LogP contribution in [0.25, 0.3) is 0 Å². The van der Waals surface area contributed by atoms with Crippen LogP contribution in [0.5, 0.6) is 0 Å². The fraction of sp³-hybridized carbons (Fsp3) is 0.500. The van der Waals surface area contributed by atoms with Crippen LogP contribution in [-0.4, -0.2) is 18.6 Å². The molecule has 0 N–H and O–H groups in total. The lowest BCUT2D eigenvalue weighted by atomic mass is 10.1. The molecule has 3 nitrogen and oxygen atoms in total. The minimum absolute atomic E-state index is 0.0648. The summed E-state index contributed by atoms with van der Waals surface area (Å²) in [5.41, 5.74) is 1.08. The lowest BCUT2D eigenvalue weighted by molar-refractivity contribution is -0.107. The first-order chi connectivity index (χ1) is 5.34. The predicted molar refractivity (Wildman–Crippen MR) is 42.4 cm³/mol. The van der Waals surface area contributed by atoms with Gasteiger partial charge in [-0.1, -0.05) is 11.2 Å². The molecule has 0 saturated carbocycles. The van der Waals surface area contributed by atoms with Gasteiger partial charge in [-0.3, -0.25) is 0 Å². The van der Waals surface area contributed by atoms with Gasteiger partial charge in [-0.25, -0.2) is 0 Å². The second-order valence-electron chi connectivity index (χ2n) is 2.47. The minimum atomic E-state index is 0.0648. The highest BCUT2D eigenvalue weighted by Gasteiger charge is 2.14. The maximum Gasteiger partial charge on any atom is 0.153 e. The summed E-state index contributed by atoms with van der Waals surface area (Å²) >= 11 is 0. The average molecular weight is 153 g/mol. The van der Waals surface area contributed by atoms with Gasteiger partial charge < -0.3 is 9.63 Å². The van der Waals surface area contributed by atoms with Crippen molar-refractivity contribution in [3.8, 4) is 0 Å². The monoisotopic (exact) mass is 153 g/mol. The summed E-state index contributed by atoms with van der Waals surface area (Å²) < 4.78 is 0. The Bertz CT molecular complexity index is 188. The Morgan fingerprint density at radius 2 is 2.73 bits per heavy atom. The molecule has 0 aliphatic carbocycles. The van der Waals surface area contributed by atoms with Gasteiger partial charge in [-0.05, 0) is 12.5 Å². The van der Waals surface area contributed by atoms with Gasteiger partial charge in [0.05, 0.1) is 0 Å². The summed E-state index contributed by atoms with van der Waals surface area (Å²) in [6.45, 7) is 1.95. The van der Waals surface area contributed by atoms with E-state index in [0.717, 1.165) is 18.3 Å². The number of hydrogen-bond donors (Lipinski definition) is 0. The van der Waals surface area contributed by atoms with Gasteiger partial charge in [-0.2, -0.15) is 0 Å². The van der Waals surface area contributed by atoms with E-state index in [4.69, 9.17) is 4.84 Å². The first-order valence-electron chi connectivity index (χ1n) is 3.62. The first kappa shape index (κ1) is 7.98. The summed E-state index contributed by atoms with van der Waals surface area (Å²) in [4.78, 5) is 15.0. The van der Waals surface area contributed by atoms with Gasteiger partial charge in [0.2, 0.25) is 0 Å². The summed E-state index contributed by atoms with van der Waals surface area (Å²) in [5.74, 6) is 0. The second kappa shape index (κ2) is 3.91. The van der Waals surface area contributed by atoms with E-state index in [1.165, 1.54) is 0 Å². The van der Waals surface area contributed by atoms with Gasteiger partial charge in [0.25, 0.3) is 0 Å². The van der Waals surface area contributed by atoms with Crippen LogP contribution in [0, 0.1) is 0 Å². The zero-order valence-electron chi connectivity index (χ0n) is 6.49. The molecule has 1 unspecified atom stereocenters. The average Bonchev–Trinajstić information content (AvgIpc) is 2.52. The summed E-state index contributed by atoms with van der Waals surface area (Å²) in [6, 6.07) is 0. The third-order valence-corrected chi connectivity index (χ3v) is 1.63. The Hall–Kier alpha value is -1.12. The van der Waals surface area contributed by atoms with E-state index in [1.54, 1.807) is 6.21 Å². The normalized spacial score (nSPS) is 23.4. The maximum atomic E-state index is 10.0. The van der Waals surface area contributed by atoms with Crippen molar-refractivity contribution in [2.24, 2.45) is 5.16 Å². The number of carbonyl (C=O) groups is 1. The summed E-state index contributed by atoms with van der Waals surface area (Å²) in [5, 5.41) is 3.64. The minimum Gasteiger partial charge on any atom is -0.388 e. The molecule has 3 heteroatoms. The van der Waals surface area contributed by atoms with Crippen molar-refractivity contribution in [3.05, 3.63) is 11.6 Å². The van der Waals surface area contributed by atoms with Gasteiger partial charge >= 0.3 is 0 Å². The molecule has 11 heavy (non-hydrogen) atoms. The number of carbonyl (C=O) groups excluding carboxylic acids is 1. The Morgan fingerprint density at radius 3 is 3.27 bits per heavy atom. The van der Waals surface area contributed by atoms with E-state index in [1.807, 2.05) is 13.0 Å². The molecule has 0 saturated heterocycles. The van der Waals surface area contributed by atoms with Gasteiger partial charge in [0.15, 0.2) is 6.10 Å². The molecule has 1 heterocycles. The van der Waals surface area contributed by atoms with Crippen LogP contribution in [0.1, 0.15) is 19.8 Å². The molecule has 1 rings (SSSR count). The highest BCUT2D eigenvalue weighted by molar-refractivity contribution is 5.60. The third kappa shape index (κ3) is 2.18. The van der Waals surface area contributed by atoms with Gasteiger partial charge in [0.1, 0.15) is 6.29 Å². The van der Waals surface area contributed by atoms with Crippen molar-refractivity contribution >= 4 is 12.5 Å². The van der Waals surface area contributed by atoms with E-state index in [-0.39, 0.29) is 6.10 Å². The van der Waals surface area contributed by atoms with Crippen LogP contribution in [0.4, 0.5) is 0 Å². The molecular formula is C8H11NO2. The fourth-order valence-electron chi connectivity index (χ4n) is 0.933. The van der Waals surface area contributed by atoms with Crippen molar-refractivity contribution in [3.63, 3.8) is 0 Å². The highest BCUT2D eigenvalue weighted by Crippen LogP contribution is 2.14. The number of hydrogen-bond acceptors (Lipinski definition) is 3. The summed E-state index contributed by atoms with van der Waals surface area (Å²) in [6.07, 6.45) is 5.83. The van der Waals surface area contributed by atoms with Crippen molar-refractivity contribution in [2.75, 3.05) is 0 Å². The van der Waals surface area contributed by atoms with Crippen LogP contribution >= 0.6 is 0 Å². The second-order valence-corrected chi connectivity index (χ2v) is 2.47. The molecule has 0 bridgehead atoms. The number of allylic oxidation sites excluding steroid dienone is 1. The molecule has 0 aromatic rings. The van der Waals surface area contributed by atoms with Crippen molar-refractivity contribution < 1.29 is 9.63 Å². The molecule has 0 amide bonds. The lowest BCUT2D eigenvalue weighted by Gasteiger charge is -2.06. The van der Waals surface area contributed by atoms with Crippen molar-refractivity contribution in [1.82, 2.24) is 0 Å². The van der Waals surface area contributed by atoms with E-state index >= 15 is 0 Å². The predicted octanol–water partition coefficient (Wildman–Crippen LogP) is 1.30. The molecule has 0 radical (unpaired) electrons. The first-order valence-corrected chi connectivity index (χ1v) is 3.62. The van der Waals surface area contributed by atoms with Crippen LogP contribution in [-0.2, 0) is 9.63 Å². The molecule has 0 fully saturated rings. The van der Waals surface area contributed by atoms with E-state index < -0.39 is 0 Å². The van der Waals surface area contributed by atoms with Gasteiger partial charge in [0, 0.05) is 19.1 Å². The van der Waals surface area contributed by atoms with Crippen molar-refractivity contribution in [1.29, 1.82) is 0 Å². The van der Waals surface area contributed by atoms with Crippen molar-refractivity contribution in [2.45, 2.75) is 25.9 Å². The topological polar surface area (TPSA) is 38.7 Å². The zero-order valence-corrected chi connectivity index (χ0v) is 6.49. The molecule has 1 atom stereocenters. The molecule has 1 aliphatic heterocycles. The van der Waals surface area contributed by atoms with Crippen LogP contribution in [0.2, 0.25) is 0 Å². The molecule has 0 aromatic carbocycles. The van der Waals surface area contributed by atoms with E-state index in [2.05, 4.69) is 5.16 Å². The van der Waals surface area contributed by atoms with Crippen LogP contribution in [0.3, 0.4) is 0 Å². The number of oxime groups is 1.